The number of carbonyl (C=O) groups excluding carboxylic acids is 1. The van der Waals surface area contributed by atoms with Crippen LogP contribution in [0.5, 0.6) is 5.75 Å². The molecule has 1 heterocycles. The molecule has 2 amide bonds. The number of rotatable bonds is 1. The van der Waals surface area contributed by atoms with Crippen LogP contribution in [0.25, 0.3) is 0 Å². The zero-order valence-electron chi connectivity index (χ0n) is 10.4. The van der Waals surface area contributed by atoms with Crippen LogP contribution >= 0.6 is 0 Å². The topological polar surface area (TPSA) is 41.6 Å². The number of benzene rings is 2. The molecule has 2 aromatic rings. The van der Waals surface area contributed by atoms with Crippen LogP contribution in [0.1, 0.15) is 0 Å². The molecular formula is C15H11FN2O2. The first-order chi connectivity index (χ1) is 9.74. The zero-order chi connectivity index (χ0) is 13.9. The van der Waals surface area contributed by atoms with Crippen molar-refractivity contribution in [3.63, 3.8) is 0 Å². The number of amides is 2. The largest absolute Gasteiger partial charge is 0.461 e. The molecule has 5 heteroatoms. The number of hydrogen-bond acceptors (Lipinski definition) is 2. The summed E-state index contributed by atoms with van der Waals surface area (Å²) in [6.07, 6.45) is 2.93. The van der Waals surface area contributed by atoms with Crippen molar-refractivity contribution in [2.24, 2.45) is 0 Å². The first-order valence-corrected chi connectivity index (χ1v) is 6.02. The maximum atomic E-state index is 13.1. The third-order valence-electron chi connectivity index (χ3n) is 2.82. The summed E-state index contributed by atoms with van der Waals surface area (Å²) in [5, 5.41) is 2.63. The van der Waals surface area contributed by atoms with E-state index in [4.69, 9.17) is 4.74 Å². The van der Waals surface area contributed by atoms with Gasteiger partial charge in [0.05, 0.1) is 5.69 Å². The van der Waals surface area contributed by atoms with E-state index in [1.165, 1.54) is 35.6 Å². The van der Waals surface area contributed by atoms with Gasteiger partial charge in [0.2, 0.25) is 0 Å². The van der Waals surface area contributed by atoms with Gasteiger partial charge in [-0.05, 0) is 30.3 Å². The Morgan fingerprint density at radius 1 is 1.15 bits per heavy atom. The highest BCUT2D eigenvalue weighted by molar-refractivity contribution is 6.04. The lowest BCUT2D eigenvalue weighted by molar-refractivity contribution is 0.258. The molecule has 20 heavy (non-hydrogen) atoms. The number of anilines is 2. The Morgan fingerprint density at radius 2 is 2.00 bits per heavy atom. The second-order valence-electron chi connectivity index (χ2n) is 4.18. The Balaban J connectivity index is 1.84. The summed E-state index contributed by atoms with van der Waals surface area (Å²) in [6, 6.07) is 12.5. The highest BCUT2D eigenvalue weighted by atomic mass is 19.1. The molecule has 0 unspecified atom stereocenters. The smallest absolute Gasteiger partial charge is 0.330 e. The minimum atomic E-state index is -0.402. The molecule has 0 saturated heterocycles. The van der Waals surface area contributed by atoms with Gasteiger partial charge >= 0.3 is 6.03 Å². The van der Waals surface area contributed by atoms with E-state index in [1.54, 1.807) is 18.2 Å². The number of ether oxygens (including phenoxy) is 1. The number of nitrogens with one attached hydrogen (secondary N) is 1. The molecule has 1 N–H and O–H groups in total. The van der Waals surface area contributed by atoms with Gasteiger partial charge in [-0.1, -0.05) is 18.2 Å². The molecule has 4 nitrogen and oxygen atoms in total. The fraction of sp³-hybridized carbons (Fsp3) is 0. The van der Waals surface area contributed by atoms with Crippen LogP contribution in [0, 0.1) is 5.82 Å². The first kappa shape index (κ1) is 12.2. The fourth-order valence-electron chi connectivity index (χ4n) is 1.93. The van der Waals surface area contributed by atoms with E-state index in [0.29, 0.717) is 17.1 Å². The van der Waals surface area contributed by atoms with Gasteiger partial charge in [0.25, 0.3) is 0 Å². The summed E-state index contributed by atoms with van der Waals surface area (Å²) in [7, 11) is 0. The van der Waals surface area contributed by atoms with E-state index >= 15 is 0 Å². The number of fused-ring (bicyclic) bond motifs is 1. The maximum absolute atomic E-state index is 13.1. The van der Waals surface area contributed by atoms with Crippen molar-refractivity contribution in [2.75, 3.05) is 10.2 Å². The molecule has 0 radical (unpaired) electrons. The first-order valence-electron chi connectivity index (χ1n) is 6.02. The molecule has 2 aromatic carbocycles. The van der Waals surface area contributed by atoms with E-state index in [9.17, 15) is 9.18 Å². The minimum Gasteiger partial charge on any atom is -0.461 e. The molecule has 0 bridgehead atoms. The Morgan fingerprint density at radius 3 is 2.85 bits per heavy atom. The third-order valence-corrected chi connectivity index (χ3v) is 2.82. The molecular weight excluding hydrogens is 259 g/mol. The molecule has 1 aliphatic heterocycles. The lowest BCUT2D eigenvalue weighted by Crippen LogP contribution is -2.32. The standard InChI is InChI=1S/C15H11FN2O2/c16-11-4-3-5-12(10-11)17-15(19)18-8-9-20-14-7-2-1-6-13(14)18/h1-10H,(H,17,19). The monoisotopic (exact) mass is 270 g/mol. The molecule has 0 aromatic heterocycles. The summed E-state index contributed by atoms with van der Waals surface area (Å²) < 4.78 is 18.4. The van der Waals surface area contributed by atoms with Gasteiger partial charge in [-0.3, -0.25) is 4.90 Å². The van der Waals surface area contributed by atoms with Crippen molar-refractivity contribution < 1.29 is 13.9 Å². The van der Waals surface area contributed by atoms with Gasteiger partial charge < -0.3 is 10.1 Å². The highest BCUT2D eigenvalue weighted by Gasteiger charge is 2.20. The summed E-state index contributed by atoms with van der Waals surface area (Å²) in [5.41, 5.74) is 1.02. The number of para-hydroxylation sites is 2. The summed E-state index contributed by atoms with van der Waals surface area (Å²) in [5.74, 6) is 0.185. The van der Waals surface area contributed by atoms with Crippen molar-refractivity contribution in [1.29, 1.82) is 0 Å². The molecule has 0 atom stereocenters. The normalized spacial score (nSPS) is 12.6. The van der Waals surface area contributed by atoms with Gasteiger partial charge in [-0.25, -0.2) is 9.18 Å². The number of hydrogen-bond donors (Lipinski definition) is 1. The zero-order valence-corrected chi connectivity index (χ0v) is 10.4. The van der Waals surface area contributed by atoms with Crippen LogP contribution in [0.15, 0.2) is 61.0 Å². The van der Waals surface area contributed by atoms with E-state index in [2.05, 4.69) is 5.32 Å². The van der Waals surface area contributed by atoms with Crippen molar-refractivity contribution in [3.8, 4) is 5.75 Å². The molecule has 0 aliphatic carbocycles. The van der Waals surface area contributed by atoms with Crippen LogP contribution in [0.2, 0.25) is 0 Å². The SMILES string of the molecule is O=C(Nc1cccc(F)c1)N1C=COc2ccccc21. The summed E-state index contributed by atoms with van der Waals surface area (Å²) in [4.78, 5) is 13.6. The second-order valence-corrected chi connectivity index (χ2v) is 4.18. The van der Waals surface area contributed by atoms with Crippen LogP contribution in [0.4, 0.5) is 20.6 Å². The van der Waals surface area contributed by atoms with Crippen molar-refractivity contribution in [2.45, 2.75) is 0 Å². The van der Waals surface area contributed by atoms with E-state index in [1.807, 2.05) is 12.1 Å². The highest BCUT2D eigenvalue weighted by Crippen LogP contribution is 2.31. The van der Waals surface area contributed by atoms with E-state index in [-0.39, 0.29) is 6.03 Å². The van der Waals surface area contributed by atoms with Crippen LogP contribution < -0.4 is 15.0 Å². The number of nitrogens with zero attached hydrogens (tertiary/aromatic N) is 1. The average molecular weight is 270 g/mol. The lowest BCUT2D eigenvalue weighted by Gasteiger charge is -2.24. The molecule has 100 valence electrons. The number of urea groups is 1. The maximum Gasteiger partial charge on any atom is 0.330 e. The quantitative estimate of drug-likeness (QED) is 0.857. The van der Waals surface area contributed by atoms with Gasteiger partial charge in [0.15, 0.2) is 5.75 Å². The Labute approximate surface area is 115 Å². The minimum absolute atomic E-state index is 0.386. The predicted octanol–water partition coefficient (Wildman–Crippen LogP) is 3.73. The van der Waals surface area contributed by atoms with Gasteiger partial charge in [0.1, 0.15) is 12.1 Å². The van der Waals surface area contributed by atoms with Crippen LogP contribution in [-0.4, -0.2) is 6.03 Å². The Hall–Kier alpha value is -2.82. The molecule has 0 saturated carbocycles. The van der Waals surface area contributed by atoms with Crippen molar-refractivity contribution >= 4 is 17.4 Å². The van der Waals surface area contributed by atoms with Crippen molar-refractivity contribution in [3.05, 3.63) is 66.8 Å². The van der Waals surface area contributed by atoms with Gasteiger partial charge in [-0.15, -0.1) is 0 Å². The Kier molecular flexibility index (Phi) is 3.09. The second kappa shape index (κ2) is 5.05. The molecule has 0 fully saturated rings. The number of halogens is 1. The Bertz CT molecular complexity index is 685. The number of carbonyl (C=O) groups is 1. The predicted molar refractivity (Wildman–Crippen MR) is 74.1 cm³/mol. The molecule has 0 spiro atoms. The van der Waals surface area contributed by atoms with Crippen LogP contribution in [0.3, 0.4) is 0 Å². The summed E-state index contributed by atoms with van der Waals surface area (Å²) >= 11 is 0. The van der Waals surface area contributed by atoms with E-state index in [0.717, 1.165) is 0 Å². The fourth-order valence-corrected chi connectivity index (χ4v) is 1.93. The third kappa shape index (κ3) is 2.33. The van der Waals surface area contributed by atoms with Gasteiger partial charge in [-0.2, -0.15) is 0 Å². The lowest BCUT2D eigenvalue weighted by atomic mass is 10.2. The average Bonchev–Trinajstić information content (AvgIpc) is 2.46. The van der Waals surface area contributed by atoms with E-state index < -0.39 is 5.82 Å². The molecule has 3 rings (SSSR count). The van der Waals surface area contributed by atoms with Gasteiger partial charge in [0, 0.05) is 11.9 Å². The van der Waals surface area contributed by atoms with Crippen LogP contribution in [-0.2, 0) is 0 Å². The summed E-state index contributed by atoms with van der Waals surface area (Å²) in [6.45, 7) is 0. The molecule has 1 aliphatic rings. The van der Waals surface area contributed by atoms with Crippen molar-refractivity contribution in [1.82, 2.24) is 0 Å².